The molecule has 2 nitrogen and oxygen atoms in total. The first-order chi connectivity index (χ1) is 11.4. The molecule has 0 amide bonds. The zero-order chi connectivity index (χ0) is 18.5. The average molecular weight is 439 g/mol. The van der Waals surface area contributed by atoms with Gasteiger partial charge < -0.3 is 21.7 Å². The van der Waals surface area contributed by atoms with Gasteiger partial charge in [-0.05, 0) is 39.5 Å². The molecule has 0 bridgehead atoms. The Morgan fingerprint density at radius 2 is 1.20 bits per heavy atom. The van der Waals surface area contributed by atoms with Crippen molar-refractivity contribution in [3.63, 3.8) is 0 Å². The predicted molar refractivity (Wildman–Crippen MR) is 111 cm³/mol. The van der Waals surface area contributed by atoms with E-state index in [2.05, 4.69) is 27.7 Å². The van der Waals surface area contributed by atoms with E-state index in [0.29, 0.717) is 6.61 Å². The maximum Gasteiger partial charge on any atom is 0.311 e. The van der Waals surface area contributed by atoms with E-state index in [1.165, 1.54) is 63.2 Å². The largest absolute Gasteiger partial charge is 1.00 e. The molecule has 0 spiro atoms. The first kappa shape index (κ1) is 27.6. The Hall–Kier alpha value is 0.380. The smallest absolute Gasteiger partial charge is 0.311 e. The van der Waals surface area contributed by atoms with E-state index >= 15 is 0 Å². The zero-order valence-corrected chi connectivity index (χ0v) is 20.3. The van der Waals surface area contributed by atoms with Crippen LogP contribution in [0.25, 0.3) is 0 Å². The van der Waals surface area contributed by atoms with Crippen LogP contribution in [-0.2, 0) is 9.53 Å². The Kier molecular flexibility index (Phi) is 17.0. The van der Waals surface area contributed by atoms with Gasteiger partial charge in [0.1, 0.15) is 0 Å². The van der Waals surface area contributed by atoms with Crippen molar-refractivity contribution in [1.29, 1.82) is 0 Å². The fourth-order valence-electron chi connectivity index (χ4n) is 3.06. The van der Waals surface area contributed by atoms with Crippen LogP contribution in [-0.4, -0.2) is 37.2 Å². The van der Waals surface area contributed by atoms with Crippen molar-refractivity contribution < 1.29 is 26.5 Å². The molecule has 25 heavy (non-hydrogen) atoms. The minimum atomic E-state index is -0.845. The Morgan fingerprint density at radius 3 is 1.56 bits per heavy atom. The summed E-state index contributed by atoms with van der Waals surface area (Å²) in [5, 5.41) is 0. The molecule has 0 radical (unpaired) electrons. The van der Waals surface area contributed by atoms with Crippen molar-refractivity contribution in [2.45, 2.75) is 92.9 Å². The van der Waals surface area contributed by atoms with Crippen LogP contribution < -0.4 is 17.0 Å². The van der Waals surface area contributed by atoms with Crippen LogP contribution in [0.2, 0.25) is 0 Å². The highest BCUT2D eigenvalue weighted by Crippen LogP contribution is 2.61. The lowest BCUT2D eigenvalue weighted by molar-refractivity contribution is -0.154. The van der Waals surface area contributed by atoms with E-state index in [4.69, 9.17) is 4.74 Å². The third-order valence-electron chi connectivity index (χ3n) is 5.40. The summed E-state index contributed by atoms with van der Waals surface area (Å²) in [5.41, 5.74) is -0.334. The fourth-order valence-corrected chi connectivity index (χ4v) is 8.16. The predicted octanol–water partition coefficient (Wildman–Crippen LogP) is 3.78. The molecule has 0 aliphatic heterocycles. The lowest BCUT2D eigenvalue weighted by Gasteiger charge is -2.28. The minimum absolute atomic E-state index is 0. The van der Waals surface area contributed by atoms with Gasteiger partial charge in [0, 0.05) is 13.7 Å². The number of ether oxygens (including phenoxy) is 1. The SMILES string of the molecule is CCCC[P+](CCCC)(CCCC)CCCOC(=O)C(C)(C)CC.[Br-]. The molecule has 0 aromatic heterocycles. The number of carbonyl (C=O) groups excluding carboxylic acids is 1. The molecular weight excluding hydrogens is 395 g/mol. The van der Waals surface area contributed by atoms with Crippen molar-refractivity contribution >= 4 is 13.2 Å². The van der Waals surface area contributed by atoms with Gasteiger partial charge in [-0.2, -0.15) is 0 Å². The fraction of sp³-hybridized carbons (Fsp3) is 0.952. The van der Waals surface area contributed by atoms with Crippen molar-refractivity contribution in [3.05, 3.63) is 0 Å². The van der Waals surface area contributed by atoms with Crippen molar-refractivity contribution in [2.75, 3.05) is 31.3 Å². The molecule has 0 rings (SSSR count). The lowest BCUT2D eigenvalue weighted by Crippen LogP contribution is -3.00. The van der Waals surface area contributed by atoms with Crippen molar-refractivity contribution in [1.82, 2.24) is 0 Å². The monoisotopic (exact) mass is 438 g/mol. The number of hydrogen-bond acceptors (Lipinski definition) is 2. The van der Waals surface area contributed by atoms with E-state index in [-0.39, 0.29) is 28.4 Å². The average Bonchev–Trinajstić information content (AvgIpc) is 2.59. The number of hydrogen-bond donors (Lipinski definition) is 0. The molecular formula is C21H44BrO2P. The van der Waals surface area contributed by atoms with Gasteiger partial charge in [0.25, 0.3) is 0 Å². The Balaban J connectivity index is 0. The van der Waals surface area contributed by atoms with E-state index in [1.807, 2.05) is 13.8 Å². The third kappa shape index (κ3) is 11.6. The van der Waals surface area contributed by atoms with Gasteiger partial charge >= 0.3 is 5.97 Å². The summed E-state index contributed by atoms with van der Waals surface area (Å²) in [4.78, 5) is 12.1. The number of esters is 1. The maximum atomic E-state index is 12.1. The first-order valence-corrected chi connectivity index (χ1v) is 12.9. The number of rotatable bonds is 15. The highest BCUT2D eigenvalue weighted by atomic mass is 79.9. The second kappa shape index (κ2) is 15.4. The number of unbranched alkanes of at least 4 members (excludes halogenated alkanes) is 3. The van der Waals surface area contributed by atoms with Gasteiger partial charge in [-0.25, -0.2) is 0 Å². The Labute approximate surface area is 169 Å². The lowest BCUT2D eigenvalue weighted by atomic mass is 9.91. The Morgan fingerprint density at radius 1 is 0.800 bits per heavy atom. The Bertz CT molecular complexity index is 310. The van der Waals surface area contributed by atoms with Crippen molar-refractivity contribution in [2.24, 2.45) is 5.41 Å². The summed E-state index contributed by atoms with van der Waals surface area (Å²) >= 11 is 0. The summed E-state index contributed by atoms with van der Waals surface area (Å²) in [6.45, 7) is 13.6. The van der Waals surface area contributed by atoms with Crippen LogP contribution in [0.5, 0.6) is 0 Å². The van der Waals surface area contributed by atoms with E-state index < -0.39 is 7.26 Å². The van der Waals surface area contributed by atoms with Gasteiger partial charge in [0.2, 0.25) is 0 Å². The van der Waals surface area contributed by atoms with E-state index in [1.54, 1.807) is 0 Å². The van der Waals surface area contributed by atoms with Gasteiger partial charge in [-0.1, -0.05) is 47.0 Å². The van der Waals surface area contributed by atoms with Crippen LogP contribution in [0.4, 0.5) is 0 Å². The van der Waals surface area contributed by atoms with Crippen LogP contribution in [0.3, 0.4) is 0 Å². The standard InChI is InChI=1S/C21H44O2P.BrH/c1-7-11-16-24(17-12-8-2,18-13-9-3)19-14-15-23-20(22)21(5,6)10-4;/h7-19H2,1-6H3;1H/q+1;/p-1. The summed E-state index contributed by atoms with van der Waals surface area (Å²) in [6.07, 6.45) is 15.7. The molecule has 0 aromatic rings. The highest BCUT2D eigenvalue weighted by Gasteiger charge is 2.35. The summed E-state index contributed by atoms with van der Waals surface area (Å²) in [7, 11) is -0.845. The minimum Gasteiger partial charge on any atom is -1.00 e. The summed E-state index contributed by atoms with van der Waals surface area (Å²) < 4.78 is 5.59. The molecule has 0 N–H and O–H groups in total. The molecule has 152 valence electrons. The van der Waals surface area contributed by atoms with Gasteiger partial charge in [-0.3, -0.25) is 4.79 Å². The summed E-state index contributed by atoms with van der Waals surface area (Å²) in [6, 6.07) is 0. The highest BCUT2D eigenvalue weighted by molar-refractivity contribution is 7.75. The van der Waals surface area contributed by atoms with Crippen LogP contribution in [0.1, 0.15) is 92.9 Å². The van der Waals surface area contributed by atoms with Gasteiger partial charge in [0.15, 0.2) is 0 Å². The molecule has 0 aliphatic rings. The molecule has 0 saturated carbocycles. The molecule has 4 heteroatoms. The molecule has 0 aliphatic carbocycles. The molecule has 0 unspecified atom stereocenters. The van der Waals surface area contributed by atoms with Gasteiger partial charge in [-0.15, -0.1) is 0 Å². The second-order valence-electron chi connectivity index (χ2n) is 8.02. The van der Waals surface area contributed by atoms with Crippen LogP contribution in [0, 0.1) is 5.41 Å². The zero-order valence-electron chi connectivity index (χ0n) is 17.8. The van der Waals surface area contributed by atoms with Gasteiger partial charge in [0.05, 0.1) is 36.7 Å². The second-order valence-corrected chi connectivity index (χ2v) is 12.5. The van der Waals surface area contributed by atoms with E-state index in [9.17, 15) is 4.79 Å². The summed E-state index contributed by atoms with van der Waals surface area (Å²) in [5.74, 6) is -0.0235. The molecule has 0 saturated heterocycles. The third-order valence-corrected chi connectivity index (χ3v) is 10.5. The molecule has 0 fully saturated rings. The van der Waals surface area contributed by atoms with Crippen LogP contribution >= 0.6 is 7.26 Å². The number of halogens is 1. The molecule has 0 heterocycles. The molecule has 0 atom stereocenters. The number of carbonyl (C=O) groups is 1. The molecule has 0 aromatic carbocycles. The first-order valence-electron chi connectivity index (χ1n) is 10.4. The normalized spacial score (nSPS) is 11.9. The maximum absolute atomic E-state index is 12.1. The topological polar surface area (TPSA) is 26.3 Å². The van der Waals surface area contributed by atoms with E-state index in [0.717, 1.165) is 12.8 Å². The quantitative estimate of drug-likeness (QED) is 0.221. The van der Waals surface area contributed by atoms with Crippen molar-refractivity contribution in [3.8, 4) is 0 Å². The van der Waals surface area contributed by atoms with Crippen LogP contribution in [0.15, 0.2) is 0 Å².